The number of ether oxygens (including phenoxy) is 1. The Labute approximate surface area is 107 Å². The Balaban J connectivity index is 1.65. The SMILES string of the molecule is CCOC1CC(N[C@H](C)C2CCCCCC2)C1. The summed E-state index contributed by atoms with van der Waals surface area (Å²) in [5.41, 5.74) is 0. The Bertz CT molecular complexity index is 205. The minimum atomic E-state index is 0.541. The second-order valence-electron chi connectivity index (χ2n) is 5.95. The van der Waals surface area contributed by atoms with Gasteiger partial charge in [0.05, 0.1) is 6.10 Å². The quantitative estimate of drug-likeness (QED) is 0.741. The molecule has 0 saturated heterocycles. The molecule has 1 N–H and O–H groups in total. The zero-order valence-corrected chi connectivity index (χ0v) is 11.6. The van der Waals surface area contributed by atoms with Crippen LogP contribution in [0.2, 0.25) is 0 Å². The van der Waals surface area contributed by atoms with Crippen LogP contribution in [0, 0.1) is 5.92 Å². The van der Waals surface area contributed by atoms with Crippen molar-refractivity contribution in [2.24, 2.45) is 5.92 Å². The standard InChI is InChI=1S/C15H29NO/c1-3-17-15-10-14(11-15)16-12(2)13-8-6-4-5-7-9-13/h12-16H,3-11H2,1-2H3/t12-,14?,15?/m1/s1. The van der Waals surface area contributed by atoms with Gasteiger partial charge in [0.15, 0.2) is 0 Å². The molecular weight excluding hydrogens is 210 g/mol. The van der Waals surface area contributed by atoms with Gasteiger partial charge in [-0.2, -0.15) is 0 Å². The monoisotopic (exact) mass is 239 g/mol. The number of nitrogens with one attached hydrogen (secondary N) is 1. The highest BCUT2D eigenvalue weighted by atomic mass is 16.5. The molecule has 2 fully saturated rings. The highest BCUT2D eigenvalue weighted by Crippen LogP contribution is 2.28. The predicted octanol–water partition coefficient (Wildman–Crippen LogP) is 3.50. The van der Waals surface area contributed by atoms with Crippen LogP contribution in [0.1, 0.15) is 65.2 Å². The van der Waals surface area contributed by atoms with E-state index in [0.29, 0.717) is 12.1 Å². The number of hydrogen-bond acceptors (Lipinski definition) is 2. The summed E-state index contributed by atoms with van der Waals surface area (Å²) in [5, 5.41) is 3.82. The van der Waals surface area contributed by atoms with Gasteiger partial charge in [-0.25, -0.2) is 0 Å². The van der Waals surface area contributed by atoms with Crippen LogP contribution in [0.3, 0.4) is 0 Å². The molecule has 0 radical (unpaired) electrons. The summed E-state index contributed by atoms with van der Waals surface area (Å²) in [6.07, 6.45) is 11.7. The van der Waals surface area contributed by atoms with Crippen LogP contribution in [-0.2, 0) is 4.74 Å². The molecule has 2 saturated carbocycles. The summed E-state index contributed by atoms with van der Waals surface area (Å²) in [7, 11) is 0. The van der Waals surface area contributed by atoms with Crippen LogP contribution in [-0.4, -0.2) is 24.8 Å². The smallest absolute Gasteiger partial charge is 0.0604 e. The Morgan fingerprint density at radius 3 is 2.35 bits per heavy atom. The van der Waals surface area contributed by atoms with Crippen LogP contribution < -0.4 is 5.32 Å². The van der Waals surface area contributed by atoms with Crippen LogP contribution in [0.5, 0.6) is 0 Å². The Morgan fingerprint density at radius 1 is 1.12 bits per heavy atom. The molecule has 0 aliphatic heterocycles. The predicted molar refractivity (Wildman–Crippen MR) is 72.2 cm³/mol. The van der Waals surface area contributed by atoms with Gasteiger partial charge < -0.3 is 10.1 Å². The molecule has 0 aromatic rings. The molecule has 2 aliphatic carbocycles. The van der Waals surface area contributed by atoms with Crippen LogP contribution in [0.4, 0.5) is 0 Å². The van der Waals surface area contributed by atoms with Gasteiger partial charge in [0, 0.05) is 18.7 Å². The second kappa shape index (κ2) is 6.75. The summed E-state index contributed by atoms with van der Waals surface area (Å²) in [6, 6.07) is 1.44. The maximum atomic E-state index is 5.62. The van der Waals surface area contributed by atoms with Gasteiger partial charge in [-0.1, -0.05) is 25.7 Å². The van der Waals surface area contributed by atoms with E-state index in [1.807, 2.05) is 0 Å². The maximum Gasteiger partial charge on any atom is 0.0604 e. The van der Waals surface area contributed by atoms with E-state index in [0.717, 1.165) is 18.6 Å². The first-order valence-corrected chi connectivity index (χ1v) is 7.67. The second-order valence-corrected chi connectivity index (χ2v) is 5.95. The van der Waals surface area contributed by atoms with E-state index in [2.05, 4.69) is 19.2 Å². The molecule has 2 nitrogen and oxygen atoms in total. The lowest BCUT2D eigenvalue weighted by Gasteiger charge is -2.39. The molecule has 0 aromatic carbocycles. The van der Waals surface area contributed by atoms with Crippen molar-refractivity contribution in [1.82, 2.24) is 5.32 Å². The molecule has 0 spiro atoms. The van der Waals surface area contributed by atoms with Crippen molar-refractivity contribution in [3.8, 4) is 0 Å². The summed E-state index contributed by atoms with van der Waals surface area (Å²) < 4.78 is 5.62. The van der Waals surface area contributed by atoms with Gasteiger partial charge in [0.2, 0.25) is 0 Å². The van der Waals surface area contributed by atoms with Crippen LogP contribution >= 0.6 is 0 Å². The number of hydrogen-bond donors (Lipinski definition) is 1. The van der Waals surface area contributed by atoms with Crippen molar-refractivity contribution in [3.05, 3.63) is 0 Å². The van der Waals surface area contributed by atoms with Crippen molar-refractivity contribution < 1.29 is 4.74 Å². The van der Waals surface area contributed by atoms with Crippen LogP contribution in [0.15, 0.2) is 0 Å². The summed E-state index contributed by atoms with van der Waals surface area (Å²) in [6.45, 7) is 5.36. The third-order valence-corrected chi connectivity index (χ3v) is 4.60. The highest BCUT2D eigenvalue weighted by Gasteiger charge is 2.31. The van der Waals surface area contributed by atoms with E-state index in [4.69, 9.17) is 4.74 Å². The Hall–Kier alpha value is -0.0800. The Kier molecular flexibility index (Phi) is 5.30. The third kappa shape index (κ3) is 3.96. The summed E-state index contributed by atoms with van der Waals surface area (Å²) >= 11 is 0. The molecule has 0 heterocycles. The average Bonchev–Trinajstić information content (AvgIpc) is 2.54. The van der Waals surface area contributed by atoms with Gasteiger partial charge in [-0.05, 0) is 45.4 Å². The first kappa shape index (κ1) is 13.4. The molecular formula is C15H29NO. The van der Waals surface area contributed by atoms with Gasteiger partial charge in [-0.3, -0.25) is 0 Å². The molecule has 2 heteroatoms. The van der Waals surface area contributed by atoms with Crippen molar-refractivity contribution in [3.63, 3.8) is 0 Å². The zero-order chi connectivity index (χ0) is 12.1. The molecule has 100 valence electrons. The molecule has 1 atom stereocenters. The van der Waals surface area contributed by atoms with Crippen molar-refractivity contribution in [2.75, 3.05) is 6.61 Å². The fraction of sp³-hybridized carbons (Fsp3) is 1.00. The lowest BCUT2D eigenvalue weighted by atomic mass is 9.86. The van der Waals surface area contributed by atoms with Gasteiger partial charge in [0.25, 0.3) is 0 Å². The lowest BCUT2D eigenvalue weighted by Crippen LogP contribution is -2.50. The first-order chi connectivity index (χ1) is 8.29. The van der Waals surface area contributed by atoms with E-state index in [1.54, 1.807) is 0 Å². The normalized spacial score (nSPS) is 32.8. The van der Waals surface area contributed by atoms with E-state index in [1.165, 1.54) is 51.4 Å². The maximum absolute atomic E-state index is 5.62. The Morgan fingerprint density at radius 2 is 1.76 bits per heavy atom. The van der Waals surface area contributed by atoms with Gasteiger partial charge in [-0.15, -0.1) is 0 Å². The van der Waals surface area contributed by atoms with Crippen molar-refractivity contribution in [1.29, 1.82) is 0 Å². The summed E-state index contributed by atoms with van der Waals surface area (Å²) in [5.74, 6) is 0.920. The van der Waals surface area contributed by atoms with Crippen LogP contribution in [0.25, 0.3) is 0 Å². The zero-order valence-electron chi connectivity index (χ0n) is 11.6. The van der Waals surface area contributed by atoms with Gasteiger partial charge in [0.1, 0.15) is 0 Å². The molecule has 0 amide bonds. The first-order valence-electron chi connectivity index (χ1n) is 7.67. The van der Waals surface area contributed by atoms with Crippen molar-refractivity contribution in [2.45, 2.75) is 83.4 Å². The van der Waals surface area contributed by atoms with E-state index < -0.39 is 0 Å². The highest BCUT2D eigenvalue weighted by molar-refractivity contribution is 4.89. The largest absolute Gasteiger partial charge is 0.378 e. The van der Waals surface area contributed by atoms with E-state index in [-0.39, 0.29) is 0 Å². The fourth-order valence-corrected chi connectivity index (χ4v) is 3.39. The fourth-order valence-electron chi connectivity index (χ4n) is 3.39. The van der Waals surface area contributed by atoms with E-state index >= 15 is 0 Å². The topological polar surface area (TPSA) is 21.3 Å². The van der Waals surface area contributed by atoms with Gasteiger partial charge >= 0.3 is 0 Å². The van der Waals surface area contributed by atoms with E-state index in [9.17, 15) is 0 Å². The third-order valence-electron chi connectivity index (χ3n) is 4.60. The molecule has 2 aliphatic rings. The molecule has 0 bridgehead atoms. The molecule has 0 aromatic heterocycles. The molecule has 0 unspecified atom stereocenters. The van der Waals surface area contributed by atoms with Crippen molar-refractivity contribution >= 4 is 0 Å². The lowest BCUT2D eigenvalue weighted by molar-refractivity contribution is -0.0137. The molecule has 17 heavy (non-hydrogen) atoms. The minimum Gasteiger partial charge on any atom is -0.378 e. The minimum absolute atomic E-state index is 0.541. The summed E-state index contributed by atoms with van der Waals surface area (Å²) in [4.78, 5) is 0. The molecule has 2 rings (SSSR count). The average molecular weight is 239 g/mol. The number of rotatable bonds is 5.